The first-order valence-electron chi connectivity index (χ1n) is 14.5. The Morgan fingerprint density at radius 2 is 1.62 bits per heavy atom. The third-order valence-electron chi connectivity index (χ3n) is 6.45. The van der Waals surface area contributed by atoms with Crippen molar-refractivity contribution in [2.75, 3.05) is 18.6 Å². The number of aryl methyl sites for hydroxylation is 1. The van der Waals surface area contributed by atoms with Crippen LogP contribution in [0.4, 0.5) is 4.79 Å². The number of aromatic nitrogens is 1. The van der Waals surface area contributed by atoms with Gasteiger partial charge in [0, 0.05) is 25.1 Å². The summed E-state index contributed by atoms with van der Waals surface area (Å²) in [6, 6.07) is -2.28. The lowest BCUT2D eigenvalue weighted by Crippen LogP contribution is -2.54. The van der Waals surface area contributed by atoms with Crippen molar-refractivity contribution in [2.45, 2.75) is 99.1 Å². The first-order chi connectivity index (χ1) is 19.6. The number of alkyl carbamates (subject to hydrolysis) is 1. The molecule has 0 aliphatic carbocycles. The van der Waals surface area contributed by atoms with Crippen molar-refractivity contribution in [1.82, 2.24) is 26.3 Å². The molecule has 1 rings (SSSR count). The number of amides is 4. The first-order valence-corrected chi connectivity index (χ1v) is 15.9. The molecule has 5 N–H and O–H groups in total. The zero-order valence-electron chi connectivity index (χ0n) is 26.5. The molecule has 0 spiro atoms. The van der Waals surface area contributed by atoms with Crippen molar-refractivity contribution < 1.29 is 33.4 Å². The number of hydrogen-bond donors (Lipinski definition) is 5. The number of hydrogen-bond acceptors (Lipinski definition) is 9. The van der Waals surface area contributed by atoms with Gasteiger partial charge in [-0.15, -0.1) is 0 Å². The molecule has 4 amide bonds. The molecule has 1 aromatic heterocycles. The smallest absolute Gasteiger partial charge is 0.408 e. The van der Waals surface area contributed by atoms with Crippen molar-refractivity contribution in [3.05, 3.63) is 17.8 Å². The third-order valence-corrected chi connectivity index (χ3v) is 7.12. The van der Waals surface area contributed by atoms with E-state index in [1.54, 1.807) is 20.1 Å². The van der Waals surface area contributed by atoms with Crippen LogP contribution in [-0.4, -0.2) is 76.7 Å². The molecule has 0 radical (unpaired) electrons. The fourth-order valence-corrected chi connectivity index (χ4v) is 4.70. The van der Waals surface area contributed by atoms with Crippen LogP contribution in [0.3, 0.4) is 0 Å². The summed E-state index contributed by atoms with van der Waals surface area (Å²) in [5.41, 5.74) is 0.447. The van der Waals surface area contributed by atoms with Crippen LogP contribution in [0.15, 0.2) is 10.7 Å². The number of nitrogens with zero attached hydrogens (tertiary/aromatic N) is 1. The van der Waals surface area contributed by atoms with Crippen LogP contribution in [0, 0.1) is 30.6 Å². The fourth-order valence-electron chi connectivity index (χ4n) is 4.13. The quantitative estimate of drug-likeness (QED) is 0.167. The number of rotatable bonds is 18. The Morgan fingerprint density at radius 1 is 0.952 bits per heavy atom. The van der Waals surface area contributed by atoms with E-state index in [-0.39, 0.29) is 48.3 Å². The maximum absolute atomic E-state index is 13.2. The van der Waals surface area contributed by atoms with Gasteiger partial charge in [0.2, 0.25) is 17.7 Å². The van der Waals surface area contributed by atoms with E-state index in [4.69, 9.17) is 9.15 Å². The Kier molecular flexibility index (Phi) is 16.6. The SMILES string of the molecule is CSC[C@H](NC(=O)OCc1coc(C)n1)C(=O)N[C@@H](CC(C)C)[C@@H](O)C[C@@H](C)C(=O)N[C@H](C(=O)NCC(C)C)C(C)C. The molecule has 0 fully saturated rings. The van der Waals surface area contributed by atoms with E-state index in [9.17, 15) is 24.3 Å². The van der Waals surface area contributed by atoms with Gasteiger partial charge in [-0.25, -0.2) is 9.78 Å². The summed E-state index contributed by atoms with van der Waals surface area (Å²) in [5.74, 6) is -0.681. The van der Waals surface area contributed by atoms with Crippen LogP contribution >= 0.6 is 11.8 Å². The van der Waals surface area contributed by atoms with Gasteiger partial charge < -0.3 is 35.5 Å². The van der Waals surface area contributed by atoms with Crippen molar-refractivity contribution in [2.24, 2.45) is 23.7 Å². The van der Waals surface area contributed by atoms with Crippen molar-refractivity contribution in [3.8, 4) is 0 Å². The second kappa shape index (κ2) is 18.7. The third kappa shape index (κ3) is 13.9. The summed E-state index contributed by atoms with van der Waals surface area (Å²) in [6.07, 6.45) is 1.89. The highest BCUT2D eigenvalue weighted by atomic mass is 32.2. The van der Waals surface area contributed by atoms with Gasteiger partial charge in [-0.3, -0.25) is 14.4 Å². The molecule has 0 aliphatic heterocycles. The number of nitrogens with one attached hydrogen (secondary N) is 4. The average Bonchev–Trinajstić information content (AvgIpc) is 3.32. The molecule has 0 bridgehead atoms. The molecule has 42 heavy (non-hydrogen) atoms. The number of carbonyl (C=O) groups is 4. The van der Waals surface area contributed by atoms with Crippen LogP contribution in [-0.2, 0) is 25.7 Å². The van der Waals surface area contributed by atoms with Crippen LogP contribution in [0.2, 0.25) is 0 Å². The van der Waals surface area contributed by atoms with Gasteiger partial charge in [0.15, 0.2) is 5.89 Å². The summed E-state index contributed by atoms with van der Waals surface area (Å²) in [4.78, 5) is 55.3. The molecule has 0 saturated heterocycles. The van der Waals surface area contributed by atoms with Crippen LogP contribution < -0.4 is 21.3 Å². The Morgan fingerprint density at radius 3 is 2.14 bits per heavy atom. The lowest BCUT2D eigenvalue weighted by atomic mass is 9.91. The molecule has 12 nitrogen and oxygen atoms in total. The molecule has 0 aliphatic rings. The van der Waals surface area contributed by atoms with Crippen LogP contribution in [0.25, 0.3) is 0 Å². The van der Waals surface area contributed by atoms with Gasteiger partial charge in [0.05, 0.1) is 12.1 Å². The minimum Gasteiger partial charge on any atom is -0.449 e. The summed E-state index contributed by atoms with van der Waals surface area (Å²) >= 11 is 1.37. The average molecular weight is 614 g/mol. The van der Waals surface area contributed by atoms with Crippen molar-refractivity contribution >= 4 is 35.6 Å². The van der Waals surface area contributed by atoms with E-state index < -0.39 is 42.1 Å². The zero-order chi connectivity index (χ0) is 32.0. The Balaban J connectivity index is 2.83. The number of thioether (sulfide) groups is 1. The monoisotopic (exact) mass is 613 g/mol. The van der Waals surface area contributed by atoms with Crippen molar-refractivity contribution in [3.63, 3.8) is 0 Å². The highest BCUT2D eigenvalue weighted by Crippen LogP contribution is 2.17. The molecule has 5 atom stereocenters. The Hall–Kier alpha value is -2.80. The van der Waals surface area contributed by atoms with E-state index in [0.717, 1.165) is 0 Å². The topological polar surface area (TPSA) is 172 Å². The predicted molar refractivity (Wildman–Crippen MR) is 163 cm³/mol. The molecular weight excluding hydrogens is 562 g/mol. The van der Waals surface area contributed by atoms with Gasteiger partial charge in [-0.1, -0.05) is 48.5 Å². The van der Waals surface area contributed by atoms with Gasteiger partial charge in [-0.2, -0.15) is 11.8 Å². The zero-order valence-corrected chi connectivity index (χ0v) is 27.3. The molecule has 0 aromatic carbocycles. The molecule has 240 valence electrons. The number of aliphatic hydroxyl groups is 1. The maximum atomic E-state index is 13.2. The highest BCUT2D eigenvalue weighted by molar-refractivity contribution is 7.98. The molecule has 1 aromatic rings. The van der Waals surface area contributed by atoms with E-state index in [2.05, 4.69) is 26.3 Å². The molecule has 0 saturated carbocycles. The largest absolute Gasteiger partial charge is 0.449 e. The lowest BCUT2D eigenvalue weighted by molar-refractivity contribution is -0.132. The standard InChI is InChI=1S/C29H51N5O7S/c1-16(2)10-22(24(35)11-19(7)26(36)34-25(18(5)6)28(38)30-12-17(3)4)32-27(37)23(15-42-9)33-29(39)41-14-21-13-40-20(8)31-21/h13,16-19,22-25,35H,10-12,14-15H2,1-9H3,(H,30,38)(H,32,37)(H,33,39)(H,34,36)/t19-,22+,23+,24+,25+/m1/s1. The Labute approximate surface area is 254 Å². The number of carbonyl (C=O) groups excluding carboxylic acids is 4. The summed E-state index contributed by atoms with van der Waals surface area (Å²) < 4.78 is 10.3. The minimum absolute atomic E-state index is 0.0711. The summed E-state index contributed by atoms with van der Waals surface area (Å²) in [6.45, 7) is 15.4. The second-order valence-electron chi connectivity index (χ2n) is 11.9. The molecule has 1 heterocycles. The maximum Gasteiger partial charge on any atom is 0.408 e. The van der Waals surface area contributed by atoms with E-state index in [0.29, 0.717) is 24.6 Å². The number of aliphatic hydroxyl groups excluding tert-OH is 1. The molecule has 13 heteroatoms. The first kappa shape index (κ1) is 37.2. The van der Waals surface area contributed by atoms with Gasteiger partial charge >= 0.3 is 6.09 Å². The van der Waals surface area contributed by atoms with Gasteiger partial charge in [-0.05, 0) is 36.9 Å². The second-order valence-corrected chi connectivity index (χ2v) is 12.8. The number of ether oxygens (including phenoxy) is 1. The van der Waals surface area contributed by atoms with Gasteiger partial charge in [0.25, 0.3) is 0 Å². The van der Waals surface area contributed by atoms with E-state index in [1.807, 2.05) is 41.5 Å². The highest BCUT2D eigenvalue weighted by Gasteiger charge is 2.31. The predicted octanol–water partition coefficient (Wildman–Crippen LogP) is 2.77. The van der Waals surface area contributed by atoms with Crippen molar-refractivity contribution in [1.29, 1.82) is 0 Å². The number of oxazole rings is 1. The molecular formula is C29H51N5O7S. The minimum atomic E-state index is -1.04. The normalized spacial score (nSPS) is 15.1. The van der Waals surface area contributed by atoms with E-state index in [1.165, 1.54) is 18.0 Å². The van der Waals surface area contributed by atoms with Gasteiger partial charge in [0.1, 0.15) is 30.6 Å². The lowest BCUT2D eigenvalue weighted by Gasteiger charge is -2.30. The fraction of sp³-hybridized carbons (Fsp3) is 0.759. The summed E-state index contributed by atoms with van der Waals surface area (Å²) in [7, 11) is 0. The van der Waals surface area contributed by atoms with E-state index >= 15 is 0 Å². The Bertz CT molecular complexity index is 1000. The summed E-state index contributed by atoms with van der Waals surface area (Å²) in [5, 5.41) is 22.3. The van der Waals surface area contributed by atoms with Crippen LogP contribution in [0.1, 0.15) is 72.9 Å². The van der Waals surface area contributed by atoms with Crippen LogP contribution in [0.5, 0.6) is 0 Å². The molecule has 0 unspecified atom stereocenters.